The topological polar surface area (TPSA) is 96.0 Å². The summed E-state index contributed by atoms with van der Waals surface area (Å²) in [7, 11) is -3.56. The van der Waals surface area contributed by atoms with E-state index in [0.29, 0.717) is 42.3 Å². The summed E-state index contributed by atoms with van der Waals surface area (Å²) in [6.07, 6.45) is 4.40. The molecule has 0 aromatic heterocycles. The second-order valence-electron chi connectivity index (χ2n) is 9.55. The first-order valence-corrected chi connectivity index (χ1v) is 14.4. The SMILES string of the molecule is O=C(Nc1ccc2c(c1)N(CCCc1ccccc1)C(=O)CO2)c1ccc(S(=O)(=O)N2CCCCC2)cc1. The average molecular weight is 534 g/mol. The lowest BCUT2D eigenvalue weighted by Gasteiger charge is -2.30. The van der Waals surface area contributed by atoms with Crippen molar-refractivity contribution in [3.05, 3.63) is 83.9 Å². The molecule has 3 aromatic rings. The highest BCUT2D eigenvalue weighted by molar-refractivity contribution is 7.89. The molecule has 1 fully saturated rings. The van der Waals surface area contributed by atoms with E-state index in [2.05, 4.69) is 17.4 Å². The molecule has 38 heavy (non-hydrogen) atoms. The lowest BCUT2D eigenvalue weighted by atomic mass is 10.1. The van der Waals surface area contributed by atoms with Gasteiger partial charge in [0.1, 0.15) is 5.75 Å². The first-order valence-electron chi connectivity index (χ1n) is 12.9. The summed E-state index contributed by atoms with van der Waals surface area (Å²) >= 11 is 0. The monoisotopic (exact) mass is 533 g/mol. The van der Waals surface area contributed by atoms with Gasteiger partial charge in [0, 0.05) is 30.9 Å². The number of sulfonamides is 1. The van der Waals surface area contributed by atoms with Crippen molar-refractivity contribution in [3.63, 3.8) is 0 Å². The van der Waals surface area contributed by atoms with Crippen LogP contribution in [0, 0.1) is 0 Å². The molecule has 9 heteroatoms. The van der Waals surface area contributed by atoms with Crippen molar-refractivity contribution in [3.8, 4) is 5.75 Å². The molecule has 0 atom stereocenters. The molecule has 1 saturated heterocycles. The molecule has 2 amide bonds. The molecule has 0 spiro atoms. The molecule has 198 valence electrons. The fraction of sp³-hybridized carbons (Fsp3) is 0.310. The van der Waals surface area contributed by atoms with Crippen LogP contribution in [0.2, 0.25) is 0 Å². The van der Waals surface area contributed by atoms with E-state index in [9.17, 15) is 18.0 Å². The number of piperidine rings is 1. The predicted octanol–water partition coefficient (Wildman–Crippen LogP) is 4.47. The van der Waals surface area contributed by atoms with Crippen molar-refractivity contribution in [1.29, 1.82) is 0 Å². The van der Waals surface area contributed by atoms with Gasteiger partial charge < -0.3 is 15.0 Å². The van der Waals surface area contributed by atoms with Crippen molar-refractivity contribution in [2.45, 2.75) is 37.0 Å². The van der Waals surface area contributed by atoms with Gasteiger partial charge in [-0.2, -0.15) is 4.31 Å². The highest BCUT2D eigenvalue weighted by atomic mass is 32.2. The molecule has 0 saturated carbocycles. The fourth-order valence-corrected chi connectivity index (χ4v) is 6.36. The van der Waals surface area contributed by atoms with Crippen LogP contribution in [0.15, 0.2) is 77.7 Å². The second kappa shape index (κ2) is 11.4. The maximum Gasteiger partial charge on any atom is 0.265 e. The minimum Gasteiger partial charge on any atom is -0.482 e. The van der Waals surface area contributed by atoms with Crippen LogP contribution in [0.4, 0.5) is 11.4 Å². The number of aryl methyl sites for hydroxylation is 1. The molecule has 2 aliphatic rings. The zero-order valence-electron chi connectivity index (χ0n) is 21.1. The Morgan fingerprint density at radius 3 is 2.39 bits per heavy atom. The van der Waals surface area contributed by atoms with Gasteiger partial charge in [0.05, 0.1) is 10.6 Å². The molecule has 0 radical (unpaired) electrons. The Morgan fingerprint density at radius 1 is 0.921 bits per heavy atom. The highest BCUT2D eigenvalue weighted by Gasteiger charge is 2.27. The van der Waals surface area contributed by atoms with Crippen LogP contribution in [0.3, 0.4) is 0 Å². The number of benzene rings is 3. The zero-order valence-corrected chi connectivity index (χ0v) is 22.0. The van der Waals surface area contributed by atoms with Crippen LogP contribution in [0.1, 0.15) is 41.6 Å². The quantitative estimate of drug-likeness (QED) is 0.461. The van der Waals surface area contributed by atoms with Crippen LogP contribution < -0.4 is 15.0 Å². The summed E-state index contributed by atoms with van der Waals surface area (Å²) in [5.41, 5.74) is 2.69. The fourth-order valence-electron chi connectivity index (χ4n) is 4.85. The van der Waals surface area contributed by atoms with Crippen LogP contribution in [0.25, 0.3) is 0 Å². The van der Waals surface area contributed by atoms with Crippen LogP contribution in [-0.2, 0) is 21.2 Å². The summed E-state index contributed by atoms with van der Waals surface area (Å²) in [6.45, 7) is 1.57. The summed E-state index contributed by atoms with van der Waals surface area (Å²) in [4.78, 5) is 27.5. The zero-order chi connectivity index (χ0) is 26.5. The number of nitrogens with one attached hydrogen (secondary N) is 1. The number of anilines is 2. The number of hydrogen-bond donors (Lipinski definition) is 1. The van der Waals surface area contributed by atoms with Gasteiger partial charge in [-0.05, 0) is 73.7 Å². The minimum absolute atomic E-state index is 0.0171. The number of carbonyl (C=O) groups is 2. The van der Waals surface area contributed by atoms with E-state index in [1.165, 1.54) is 34.1 Å². The molecule has 2 heterocycles. The van der Waals surface area contributed by atoms with Gasteiger partial charge in [-0.1, -0.05) is 36.8 Å². The van der Waals surface area contributed by atoms with Gasteiger partial charge >= 0.3 is 0 Å². The number of fused-ring (bicyclic) bond motifs is 1. The Bertz CT molecular complexity index is 1400. The Labute approximate surface area is 223 Å². The van der Waals surface area contributed by atoms with E-state index in [0.717, 1.165) is 32.1 Å². The van der Waals surface area contributed by atoms with Crippen LogP contribution in [0.5, 0.6) is 5.75 Å². The maximum atomic E-state index is 12.9. The molecule has 3 aromatic carbocycles. The van der Waals surface area contributed by atoms with Crippen LogP contribution in [-0.4, -0.2) is 50.8 Å². The summed E-state index contributed by atoms with van der Waals surface area (Å²) in [5, 5.41) is 2.85. The largest absolute Gasteiger partial charge is 0.482 e. The van der Waals surface area contributed by atoms with Gasteiger partial charge in [-0.3, -0.25) is 9.59 Å². The number of carbonyl (C=O) groups excluding carboxylic acids is 2. The van der Waals surface area contributed by atoms with E-state index in [1.54, 1.807) is 23.1 Å². The summed E-state index contributed by atoms with van der Waals surface area (Å²) in [5.74, 6) is 0.0969. The highest BCUT2D eigenvalue weighted by Crippen LogP contribution is 2.35. The summed E-state index contributed by atoms with van der Waals surface area (Å²) in [6, 6.07) is 21.3. The van der Waals surface area contributed by atoms with Gasteiger partial charge in [-0.25, -0.2) is 8.42 Å². The third kappa shape index (κ3) is 5.74. The molecule has 8 nitrogen and oxygen atoms in total. The van der Waals surface area contributed by atoms with Crippen molar-refractivity contribution < 1.29 is 22.7 Å². The molecule has 0 bridgehead atoms. The van der Waals surface area contributed by atoms with Crippen molar-refractivity contribution >= 4 is 33.2 Å². The minimum atomic E-state index is -3.56. The van der Waals surface area contributed by atoms with E-state index in [1.807, 2.05) is 18.2 Å². The normalized spacial score (nSPS) is 16.0. The van der Waals surface area contributed by atoms with Crippen molar-refractivity contribution in [2.75, 3.05) is 36.5 Å². The van der Waals surface area contributed by atoms with Crippen LogP contribution >= 0.6 is 0 Å². The Balaban J connectivity index is 1.26. The third-order valence-electron chi connectivity index (χ3n) is 6.92. The summed E-state index contributed by atoms with van der Waals surface area (Å²) < 4.78 is 32.9. The first kappa shape index (κ1) is 25.9. The van der Waals surface area contributed by atoms with Crippen molar-refractivity contribution in [2.24, 2.45) is 0 Å². The molecule has 0 aliphatic carbocycles. The third-order valence-corrected chi connectivity index (χ3v) is 8.83. The van der Waals surface area contributed by atoms with Gasteiger partial charge in [0.2, 0.25) is 10.0 Å². The van der Waals surface area contributed by atoms with Gasteiger partial charge in [0.15, 0.2) is 6.61 Å². The smallest absolute Gasteiger partial charge is 0.265 e. The van der Waals surface area contributed by atoms with E-state index < -0.39 is 10.0 Å². The Morgan fingerprint density at radius 2 is 1.66 bits per heavy atom. The molecule has 5 rings (SSSR count). The Hall–Kier alpha value is -3.69. The standard InChI is InChI=1S/C29H31N3O5S/c33-28-21-37-27-16-13-24(20-26(27)32(28)19-7-10-22-8-3-1-4-9-22)30-29(34)23-11-14-25(15-12-23)38(35,36)31-17-5-2-6-18-31/h1,3-4,8-9,11-16,20H,2,5-7,10,17-19,21H2,(H,30,34). The number of amides is 2. The Kier molecular flexibility index (Phi) is 7.76. The molecule has 0 unspecified atom stereocenters. The molecular formula is C29H31N3O5S. The van der Waals surface area contributed by atoms with E-state index in [4.69, 9.17) is 4.74 Å². The second-order valence-corrected chi connectivity index (χ2v) is 11.5. The van der Waals surface area contributed by atoms with Crippen molar-refractivity contribution in [1.82, 2.24) is 4.31 Å². The predicted molar refractivity (Wildman–Crippen MR) is 146 cm³/mol. The number of rotatable bonds is 8. The number of hydrogen-bond acceptors (Lipinski definition) is 5. The van der Waals surface area contributed by atoms with E-state index in [-0.39, 0.29) is 23.3 Å². The molecular weight excluding hydrogens is 502 g/mol. The first-order chi connectivity index (χ1) is 18.4. The van der Waals surface area contributed by atoms with Gasteiger partial charge in [0.25, 0.3) is 11.8 Å². The molecule has 1 N–H and O–H groups in total. The lowest BCUT2D eigenvalue weighted by Crippen LogP contribution is -2.39. The van der Waals surface area contributed by atoms with E-state index >= 15 is 0 Å². The lowest BCUT2D eigenvalue weighted by molar-refractivity contribution is -0.121. The average Bonchev–Trinajstić information content (AvgIpc) is 2.95. The number of nitrogens with zero attached hydrogens (tertiary/aromatic N) is 2. The molecule has 2 aliphatic heterocycles. The number of ether oxygens (including phenoxy) is 1. The van der Waals surface area contributed by atoms with Gasteiger partial charge in [-0.15, -0.1) is 0 Å². The maximum absolute atomic E-state index is 12.9.